The van der Waals surface area contributed by atoms with E-state index in [1.807, 2.05) is 18.2 Å². The SMILES string of the molecule is O=S(=O)(NC1CC(O)c2ccccc21)c1c(Cl)nc2sccn12. The molecule has 0 aliphatic heterocycles. The van der Waals surface area contributed by atoms with E-state index in [1.54, 1.807) is 17.6 Å². The molecule has 2 unspecified atom stereocenters. The maximum absolute atomic E-state index is 12.8. The number of fused-ring (bicyclic) bond motifs is 2. The number of aliphatic hydroxyl groups is 1. The van der Waals surface area contributed by atoms with Gasteiger partial charge in [0.2, 0.25) is 0 Å². The molecule has 0 radical (unpaired) electrons. The van der Waals surface area contributed by atoms with Gasteiger partial charge in [0.25, 0.3) is 10.0 Å². The van der Waals surface area contributed by atoms with Crippen LogP contribution in [0.1, 0.15) is 29.7 Å². The molecule has 0 spiro atoms. The summed E-state index contributed by atoms with van der Waals surface area (Å²) in [6, 6.07) is 6.77. The lowest BCUT2D eigenvalue weighted by atomic mass is 10.1. The molecule has 1 aliphatic rings. The van der Waals surface area contributed by atoms with E-state index in [-0.39, 0.29) is 10.2 Å². The molecule has 120 valence electrons. The van der Waals surface area contributed by atoms with Gasteiger partial charge in [-0.25, -0.2) is 18.1 Å². The van der Waals surface area contributed by atoms with Crippen molar-refractivity contribution in [1.82, 2.24) is 14.1 Å². The first-order chi connectivity index (χ1) is 11.0. The number of aliphatic hydroxyl groups excluding tert-OH is 1. The van der Waals surface area contributed by atoms with Gasteiger partial charge in [-0.05, 0) is 17.5 Å². The molecule has 2 atom stereocenters. The first-order valence-corrected chi connectivity index (χ1v) is 9.62. The van der Waals surface area contributed by atoms with Crippen LogP contribution in [0.4, 0.5) is 0 Å². The van der Waals surface area contributed by atoms with Crippen LogP contribution in [0.25, 0.3) is 4.96 Å². The molecule has 6 nitrogen and oxygen atoms in total. The number of nitrogens with one attached hydrogen (secondary N) is 1. The molecule has 0 saturated carbocycles. The molecular weight excluding hydrogens is 358 g/mol. The van der Waals surface area contributed by atoms with Crippen molar-refractivity contribution >= 4 is 37.9 Å². The van der Waals surface area contributed by atoms with Gasteiger partial charge >= 0.3 is 0 Å². The number of halogens is 1. The molecule has 4 rings (SSSR count). The standard InChI is InChI=1S/C14H12ClN3O3S2/c15-12-13(18-5-6-22-14(18)16-12)23(20,21)17-10-7-11(19)9-4-2-1-3-8(9)10/h1-6,10-11,17,19H,7H2. The average molecular weight is 370 g/mol. The monoisotopic (exact) mass is 369 g/mol. The third kappa shape index (κ3) is 2.38. The molecule has 1 aliphatic carbocycles. The highest BCUT2D eigenvalue weighted by Crippen LogP contribution is 2.39. The van der Waals surface area contributed by atoms with E-state index >= 15 is 0 Å². The zero-order valence-electron chi connectivity index (χ0n) is 11.7. The number of sulfonamides is 1. The van der Waals surface area contributed by atoms with Crippen molar-refractivity contribution in [3.05, 3.63) is 52.1 Å². The van der Waals surface area contributed by atoms with Gasteiger partial charge < -0.3 is 5.11 Å². The minimum absolute atomic E-state index is 0.0591. The van der Waals surface area contributed by atoms with Crippen LogP contribution in [0.2, 0.25) is 5.15 Å². The minimum atomic E-state index is -3.88. The zero-order chi connectivity index (χ0) is 16.2. The molecule has 0 amide bonds. The van der Waals surface area contributed by atoms with E-state index in [1.165, 1.54) is 15.7 Å². The summed E-state index contributed by atoms with van der Waals surface area (Å²) in [5.74, 6) is 0. The topological polar surface area (TPSA) is 83.7 Å². The fourth-order valence-electron chi connectivity index (χ4n) is 2.94. The number of aromatic nitrogens is 2. The molecule has 2 aromatic heterocycles. The summed E-state index contributed by atoms with van der Waals surface area (Å²) >= 11 is 7.32. The summed E-state index contributed by atoms with van der Waals surface area (Å²) in [6.45, 7) is 0. The van der Waals surface area contributed by atoms with Crippen molar-refractivity contribution in [1.29, 1.82) is 0 Å². The maximum Gasteiger partial charge on any atom is 0.260 e. The lowest BCUT2D eigenvalue weighted by Crippen LogP contribution is -2.28. The third-order valence-corrected chi connectivity index (χ3v) is 6.55. The van der Waals surface area contributed by atoms with Gasteiger partial charge in [0.15, 0.2) is 15.1 Å². The predicted octanol–water partition coefficient (Wildman–Crippen LogP) is 2.51. The van der Waals surface area contributed by atoms with Crippen LogP contribution in [0.3, 0.4) is 0 Å². The second-order valence-electron chi connectivity index (χ2n) is 5.32. The Morgan fingerprint density at radius 3 is 2.87 bits per heavy atom. The molecule has 2 heterocycles. The van der Waals surface area contributed by atoms with E-state index in [0.717, 1.165) is 11.1 Å². The molecule has 23 heavy (non-hydrogen) atoms. The Morgan fingerprint density at radius 1 is 1.35 bits per heavy atom. The molecule has 0 fully saturated rings. The maximum atomic E-state index is 12.8. The number of thiazole rings is 1. The van der Waals surface area contributed by atoms with Crippen LogP contribution in [-0.4, -0.2) is 22.9 Å². The number of benzene rings is 1. The van der Waals surface area contributed by atoms with Crippen molar-refractivity contribution in [2.45, 2.75) is 23.6 Å². The predicted molar refractivity (Wildman–Crippen MR) is 87.2 cm³/mol. The number of rotatable bonds is 3. The molecule has 0 saturated heterocycles. The van der Waals surface area contributed by atoms with Gasteiger partial charge in [-0.15, -0.1) is 11.3 Å². The lowest BCUT2D eigenvalue weighted by molar-refractivity contribution is 0.172. The summed E-state index contributed by atoms with van der Waals surface area (Å²) < 4.78 is 29.6. The Balaban J connectivity index is 1.74. The van der Waals surface area contributed by atoms with Crippen LogP contribution in [-0.2, 0) is 10.0 Å². The second kappa shape index (κ2) is 5.29. The number of hydrogen-bond acceptors (Lipinski definition) is 5. The van der Waals surface area contributed by atoms with E-state index in [9.17, 15) is 13.5 Å². The largest absolute Gasteiger partial charge is 0.388 e. The van der Waals surface area contributed by atoms with Gasteiger partial charge in [-0.1, -0.05) is 35.9 Å². The van der Waals surface area contributed by atoms with Gasteiger partial charge in [0.05, 0.1) is 12.1 Å². The molecule has 2 N–H and O–H groups in total. The van der Waals surface area contributed by atoms with Crippen molar-refractivity contribution in [3.63, 3.8) is 0 Å². The second-order valence-corrected chi connectivity index (χ2v) is 8.18. The van der Waals surface area contributed by atoms with Crippen LogP contribution in [0.5, 0.6) is 0 Å². The Bertz CT molecular complexity index is 996. The summed E-state index contributed by atoms with van der Waals surface area (Å²) in [6.07, 6.45) is 1.23. The van der Waals surface area contributed by atoms with E-state index in [0.29, 0.717) is 11.4 Å². The van der Waals surface area contributed by atoms with Gasteiger partial charge in [0, 0.05) is 11.6 Å². The zero-order valence-corrected chi connectivity index (χ0v) is 14.1. The Labute approximate surface area is 141 Å². The Morgan fingerprint density at radius 2 is 2.09 bits per heavy atom. The lowest BCUT2D eigenvalue weighted by Gasteiger charge is -2.14. The van der Waals surface area contributed by atoms with E-state index < -0.39 is 22.2 Å². The highest BCUT2D eigenvalue weighted by molar-refractivity contribution is 7.89. The average Bonchev–Trinajstić information content (AvgIpc) is 3.13. The Hall–Kier alpha value is -1.45. The summed E-state index contributed by atoms with van der Waals surface area (Å²) in [4.78, 5) is 4.57. The minimum Gasteiger partial charge on any atom is -0.388 e. The van der Waals surface area contributed by atoms with Gasteiger partial charge in [0.1, 0.15) is 0 Å². The van der Waals surface area contributed by atoms with Gasteiger partial charge in [-0.3, -0.25) is 4.40 Å². The van der Waals surface area contributed by atoms with Gasteiger partial charge in [-0.2, -0.15) is 0 Å². The highest BCUT2D eigenvalue weighted by Gasteiger charge is 2.34. The summed E-state index contributed by atoms with van der Waals surface area (Å²) in [5, 5.41) is 11.7. The molecule has 3 aromatic rings. The van der Waals surface area contributed by atoms with E-state index in [4.69, 9.17) is 11.6 Å². The Kier molecular flexibility index (Phi) is 3.47. The smallest absolute Gasteiger partial charge is 0.260 e. The third-order valence-electron chi connectivity index (χ3n) is 3.92. The van der Waals surface area contributed by atoms with Crippen LogP contribution in [0.15, 0.2) is 40.9 Å². The summed E-state index contributed by atoms with van der Waals surface area (Å²) in [7, 11) is -3.88. The fraction of sp³-hybridized carbons (Fsp3) is 0.214. The molecule has 9 heteroatoms. The highest BCUT2D eigenvalue weighted by atomic mass is 35.5. The molecular formula is C14H12ClN3O3S2. The molecule has 0 bridgehead atoms. The van der Waals surface area contributed by atoms with Crippen molar-refractivity contribution in [2.75, 3.05) is 0 Å². The van der Waals surface area contributed by atoms with Crippen LogP contribution in [0, 0.1) is 0 Å². The van der Waals surface area contributed by atoms with Crippen molar-refractivity contribution < 1.29 is 13.5 Å². The van der Waals surface area contributed by atoms with Crippen molar-refractivity contribution in [2.24, 2.45) is 0 Å². The van der Waals surface area contributed by atoms with Crippen molar-refractivity contribution in [3.8, 4) is 0 Å². The first kappa shape index (κ1) is 15.1. The summed E-state index contributed by atoms with van der Waals surface area (Å²) in [5.41, 5.74) is 1.53. The molecule has 1 aromatic carbocycles. The fourth-order valence-corrected chi connectivity index (χ4v) is 5.62. The quantitative estimate of drug-likeness (QED) is 0.743. The first-order valence-electron chi connectivity index (χ1n) is 6.87. The number of hydrogen-bond donors (Lipinski definition) is 2. The number of imidazole rings is 1. The number of nitrogens with zero attached hydrogens (tertiary/aromatic N) is 2. The van der Waals surface area contributed by atoms with Crippen LogP contribution >= 0.6 is 22.9 Å². The van der Waals surface area contributed by atoms with Crippen LogP contribution < -0.4 is 4.72 Å². The normalized spacial score (nSPS) is 21.0. The van der Waals surface area contributed by atoms with E-state index in [2.05, 4.69) is 9.71 Å².